The Hall–Kier alpha value is -11.3. The maximum atomic E-state index is 2.55. The molecule has 0 unspecified atom stereocenters. The predicted molar refractivity (Wildman–Crippen MR) is 389 cm³/mol. The molecule has 14 aromatic rings. The first-order chi connectivity index (χ1) is 45.6. The monoisotopic (exact) mass is 1190 g/mol. The second-order valence-electron chi connectivity index (χ2n) is 26.8. The molecule has 440 valence electrons. The lowest BCUT2D eigenvalue weighted by Crippen LogP contribution is -2.25. The predicted octanol–water partition coefficient (Wildman–Crippen LogP) is 24.3. The van der Waals surface area contributed by atoms with Crippen molar-refractivity contribution in [2.45, 2.75) is 43.9 Å². The Labute approximate surface area is 545 Å². The molecule has 93 heavy (non-hydrogen) atoms. The van der Waals surface area contributed by atoms with Gasteiger partial charge in [-0.1, -0.05) is 276 Å². The van der Waals surface area contributed by atoms with E-state index in [0.29, 0.717) is 0 Å². The van der Waals surface area contributed by atoms with Crippen LogP contribution in [-0.2, 0) is 16.2 Å². The average molecular weight is 1190 g/mol. The van der Waals surface area contributed by atoms with E-state index < -0.39 is 5.41 Å². The Morgan fingerprint density at radius 2 is 0.473 bits per heavy atom. The van der Waals surface area contributed by atoms with Gasteiger partial charge in [-0.15, -0.1) is 0 Å². The zero-order valence-electron chi connectivity index (χ0n) is 52.6. The van der Waals surface area contributed by atoms with Crippen molar-refractivity contribution in [2.24, 2.45) is 0 Å². The molecule has 14 aromatic carbocycles. The first kappa shape index (κ1) is 54.6. The van der Waals surface area contributed by atoms with E-state index in [-0.39, 0.29) is 10.8 Å². The van der Waals surface area contributed by atoms with Crippen LogP contribution >= 0.6 is 0 Å². The Morgan fingerprint density at radius 1 is 0.172 bits per heavy atom. The second-order valence-corrected chi connectivity index (χ2v) is 26.8. The third-order valence-corrected chi connectivity index (χ3v) is 21.0. The van der Waals surface area contributed by atoms with Gasteiger partial charge in [-0.3, -0.25) is 0 Å². The molecule has 2 heteroatoms. The molecule has 18 rings (SSSR count). The first-order valence-corrected chi connectivity index (χ1v) is 32.7. The summed E-state index contributed by atoms with van der Waals surface area (Å²) in [6.07, 6.45) is 0. The highest BCUT2D eigenvalue weighted by Gasteiger charge is 2.51. The molecule has 0 saturated carbocycles. The van der Waals surface area contributed by atoms with Crippen LogP contribution in [-0.4, -0.2) is 0 Å². The van der Waals surface area contributed by atoms with Gasteiger partial charge in [-0.2, -0.15) is 0 Å². The molecule has 0 heterocycles. The first-order valence-electron chi connectivity index (χ1n) is 32.7. The van der Waals surface area contributed by atoms with Gasteiger partial charge in [0.2, 0.25) is 0 Å². The van der Waals surface area contributed by atoms with Crippen molar-refractivity contribution in [3.63, 3.8) is 0 Å². The second kappa shape index (κ2) is 20.9. The molecule has 0 N–H and O–H groups in total. The van der Waals surface area contributed by atoms with E-state index in [1.807, 2.05) is 0 Å². The standard InChI is InChI=1S/C91H66N2/c1-89(2)81-35-18-14-31-73(81)78-49-45-69(57-86(78)89)92(67-43-39-62(40-44-67)59-23-8-5-9-24-59)71-52-66(65-42-48-80-76-34-17-21-38-84(76)91(88(80)55-65)82-36-19-15-32-74(82)75-33-16-20-37-83(75)91)53-72(56-71)93(68-30-22-29-63(51-68)60-25-10-6-11-26-60)70-46-50-79-77-47-41-64(61-27-12-7-13-28-61)54-85(77)90(3,4)87(79)58-70/h5-58H,1-4H3. The van der Waals surface area contributed by atoms with Crippen molar-refractivity contribution in [2.75, 3.05) is 9.80 Å². The van der Waals surface area contributed by atoms with Crippen LogP contribution < -0.4 is 9.80 Å². The highest BCUT2D eigenvalue weighted by atomic mass is 15.2. The number of hydrogen-bond acceptors (Lipinski definition) is 2. The quantitative estimate of drug-likeness (QED) is 0.135. The van der Waals surface area contributed by atoms with Crippen LogP contribution in [0.5, 0.6) is 0 Å². The fourth-order valence-corrected chi connectivity index (χ4v) is 16.6. The van der Waals surface area contributed by atoms with Crippen LogP contribution in [0.15, 0.2) is 328 Å². The Kier molecular flexibility index (Phi) is 12.3. The minimum Gasteiger partial charge on any atom is -0.310 e. The lowest BCUT2D eigenvalue weighted by atomic mass is 9.70. The molecule has 4 aliphatic rings. The number of rotatable bonds is 10. The van der Waals surface area contributed by atoms with Gasteiger partial charge in [-0.05, 0) is 212 Å². The van der Waals surface area contributed by atoms with E-state index in [1.54, 1.807) is 0 Å². The van der Waals surface area contributed by atoms with E-state index in [9.17, 15) is 0 Å². The van der Waals surface area contributed by atoms with Gasteiger partial charge in [0, 0.05) is 45.0 Å². The summed E-state index contributed by atoms with van der Waals surface area (Å²) in [5, 5.41) is 0. The molecule has 0 saturated heterocycles. The molecular weight excluding hydrogens is 1120 g/mol. The van der Waals surface area contributed by atoms with Crippen LogP contribution in [0.1, 0.15) is 72.2 Å². The van der Waals surface area contributed by atoms with Gasteiger partial charge in [0.1, 0.15) is 0 Å². The van der Waals surface area contributed by atoms with Gasteiger partial charge >= 0.3 is 0 Å². The number of fused-ring (bicyclic) bond motifs is 16. The average Bonchev–Trinajstić information content (AvgIpc) is 1.51. The third-order valence-electron chi connectivity index (χ3n) is 21.0. The van der Waals surface area contributed by atoms with E-state index in [2.05, 4.69) is 365 Å². The topological polar surface area (TPSA) is 6.48 Å². The Morgan fingerprint density at radius 3 is 0.989 bits per heavy atom. The third kappa shape index (κ3) is 8.34. The summed E-state index contributed by atoms with van der Waals surface area (Å²) < 4.78 is 0. The molecule has 0 aliphatic heterocycles. The number of hydrogen-bond donors (Lipinski definition) is 0. The van der Waals surface area contributed by atoms with Crippen LogP contribution in [0.4, 0.5) is 34.1 Å². The molecule has 4 aliphatic carbocycles. The molecule has 1 spiro atoms. The molecule has 2 nitrogen and oxygen atoms in total. The van der Waals surface area contributed by atoms with Crippen LogP contribution in [0.25, 0.3) is 89.0 Å². The smallest absolute Gasteiger partial charge is 0.0725 e. The minimum absolute atomic E-state index is 0.224. The van der Waals surface area contributed by atoms with Gasteiger partial charge in [0.05, 0.1) is 5.41 Å². The maximum Gasteiger partial charge on any atom is 0.0725 e. The van der Waals surface area contributed by atoms with E-state index in [1.165, 1.54) is 117 Å². The summed E-state index contributed by atoms with van der Waals surface area (Å²) in [5.74, 6) is 0. The summed E-state index contributed by atoms with van der Waals surface area (Å²) in [7, 11) is 0. The summed E-state index contributed by atoms with van der Waals surface area (Å²) >= 11 is 0. The molecule has 0 bridgehead atoms. The zero-order valence-corrected chi connectivity index (χ0v) is 52.6. The molecule has 0 fully saturated rings. The normalized spacial score (nSPS) is 14.1. The highest BCUT2D eigenvalue weighted by molar-refractivity contribution is 5.98. The summed E-state index contributed by atoms with van der Waals surface area (Å²) in [6.45, 7) is 9.60. The van der Waals surface area contributed by atoms with Gasteiger partial charge < -0.3 is 9.80 Å². The molecule has 0 radical (unpaired) electrons. The van der Waals surface area contributed by atoms with Crippen molar-refractivity contribution in [1.82, 2.24) is 0 Å². The lowest BCUT2D eigenvalue weighted by molar-refractivity contribution is 0.660. The van der Waals surface area contributed by atoms with Crippen LogP contribution in [0.3, 0.4) is 0 Å². The van der Waals surface area contributed by atoms with Crippen LogP contribution in [0.2, 0.25) is 0 Å². The molecule has 0 atom stereocenters. The van der Waals surface area contributed by atoms with Crippen molar-refractivity contribution >= 4 is 34.1 Å². The summed E-state index contributed by atoms with van der Waals surface area (Å²) in [4.78, 5) is 5.04. The highest BCUT2D eigenvalue weighted by Crippen LogP contribution is 2.64. The van der Waals surface area contributed by atoms with Crippen molar-refractivity contribution in [3.8, 4) is 89.0 Å². The fourth-order valence-electron chi connectivity index (χ4n) is 16.6. The Bertz CT molecular complexity index is 5260. The van der Waals surface area contributed by atoms with Crippen LogP contribution in [0, 0.1) is 0 Å². The fraction of sp³-hybridized carbons (Fsp3) is 0.0769. The van der Waals surface area contributed by atoms with E-state index in [0.717, 1.165) is 50.8 Å². The van der Waals surface area contributed by atoms with Gasteiger partial charge in [0.25, 0.3) is 0 Å². The SMILES string of the molecule is CC1(C)c2ccccc2-c2ccc(N(c3ccc(-c4ccccc4)cc3)c3cc(-c4ccc5c(c4)C4(c6ccccc6-c6ccccc64)c4ccccc4-5)cc(N(c4cccc(-c5ccccc5)c4)c4ccc5c(c4)C(C)(C)c4cc(-c6ccccc6)ccc4-5)c3)cc21. The molecule has 0 amide bonds. The Balaban J connectivity index is 0.897. The molecular formula is C91H66N2. The van der Waals surface area contributed by atoms with E-state index >= 15 is 0 Å². The van der Waals surface area contributed by atoms with Gasteiger partial charge in [-0.25, -0.2) is 0 Å². The largest absolute Gasteiger partial charge is 0.310 e. The zero-order chi connectivity index (χ0) is 62.2. The van der Waals surface area contributed by atoms with E-state index in [4.69, 9.17) is 0 Å². The van der Waals surface area contributed by atoms with Gasteiger partial charge in [0.15, 0.2) is 0 Å². The summed E-state index contributed by atoms with van der Waals surface area (Å²) in [6, 6.07) is 123. The number of nitrogens with zero attached hydrogens (tertiary/aromatic N) is 2. The van der Waals surface area contributed by atoms with Crippen molar-refractivity contribution < 1.29 is 0 Å². The number of anilines is 6. The van der Waals surface area contributed by atoms with Crippen molar-refractivity contribution in [3.05, 3.63) is 372 Å². The summed E-state index contributed by atoms with van der Waals surface area (Å²) in [5.41, 5.74) is 35.7. The maximum absolute atomic E-state index is 2.55. The lowest BCUT2D eigenvalue weighted by Gasteiger charge is -2.32. The van der Waals surface area contributed by atoms with Crippen molar-refractivity contribution in [1.29, 1.82) is 0 Å². The molecule has 0 aromatic heterocycles. The number of benzene rings is 14. The minimum atomic E-state index is -0.516.